The minimum Gasteiger partial charge on any atom is -0.481 e. The number of carboxylic acids is 2. The van der Waals surface area contributed by atoms with Gasteiger partial charge in [0.2, 0.25) is 5.95 Å². The van der Waals surface area contributed by atoms with Crippen molar-refractivity contribution in [2.24, 2.45) is 0 Å². The molecule has 2 aromatic carbocycles. The predicted molar refractivity (Wildman–Crippen MR) is 146 cm³/mol. The SMILES string of the molecule is Cc1c(CNc2ccc(C(=O)N[C@@H](CCC(=O)O)C(=O)O)cc2)c(-c2ccccc2)nc2nc(N)nc(N)c12. The average Bonchev–Trinajstić information content (AvgIpc) is 2.90. The topological polar surface area (TPSA) is 206 Å². The van der Waals surface area contributed by atoms with Crippen LogP contribution in [0.2, 0.25) is 0 Å². The molecule has 1 amide bonds. The minimum absolute atomic E-state index is 0.0393. The van der Waals surface area contributed by atoms with E-state index in [4.69, 9.17) is 21.6 Å². The summed E-state index contributed by atoms with van der Waals surface area (Å²) in [6, 6.07) is 14.8. The maximum atomic E-state index is 12.5. The van der Waals surface area contributed by atoms with Gasteiger partial charge in [0.1, 0.15) is 11.9 Å². The largest absolute Gasteiger partial charge is 0.481 e. The van der Waals surface area contributed by atoms with Gasteiger partial charge in [0.15, 0.2) is 5.65 Å². The Hall–Kier alpha value is -5.26. The van der Waals surface area contributed by atoms with Gasteiger partial charge < -0.3 is 32.3 Å². The van der Waals surface area contributed by atoms with E-state index in [2.05, 4.69) is 20.6 Å². The first kappa shape index (κ1) is 26.8. The monoisotopic (exact) mass is 529 g/mol. The van der Waals surface area contributed by atoms with Crippen LogP contribution in [0.25, 0.3) is 22.3 Å². The molecule has 0 unspecified atom stereocenters. The molecule has 0 aliphatic heterocycles. The van der Waals surface area contributed by atoms with Gasteiger partial charge in [0, 0.05) is 35.3 Å². The second-order valence-electron chi connectivity index (χ2n) is 8.82. The van der Waals surface area contributed by atoms with Gasteiger partial charge in [-0.25, -0.2) is 9.78 Å². The highest BCUT2D eigenvalue weighted by atomic mass is 16.4. The molecule has 8 N–H and O–H groups in total. The van der Waals surface area contributed by atoms with Gasteiger partial charge in [-0.2, -0.15) is 9.97 Å². The molecule has 2 heterocycles. The summed E-state index contributed by atoms with van der Waals surface area (Å²) < 4.78 is 0. The van der Waals surface area contributed by atoms with Gasteiger partial charge in [0.05, 0.1) is 11.1 Å². The minimum atomic E-state index is -1.31. The molecule has 12 nitrogen and oxygen atoms in total. The zero-order valence-electron chi connectivity index (χ0n) is 21.0. The van der Waals surface area contributed by atoms with Gasteiger partial charge >= 0.3 is 11.9 Å². The number of benzene rings is 2. The fraction of sp³-hybridized carbons (Fsp3) is 0.185. The van der Waals surface area contributed by atoms with E-state index in [0.29, 0.717) is 29.0 Å². The number of aliphatic carboxylic acids is 2. The quantitative estimate of drug-likeness (QED) is 0.176. The Balaban J connectivity index is 1.56. The molecule has 200 valence electrons. The van der Waals surface area contributed by atoms with Crippen molar-refractivity contribution in [1.29, 1.82) is 0 Å². The van der Waals surface area contributed by atoms with Crippen molar-refractivity contribution >= 4 is 46.3 Å². The maximum absolute atomic E-state index is 12.5. The van der Waals surface area contributed by atoms with Crippen molar-refractivity contribution in [3.05, 3.63) is 71.3 Å². The van der Waals surface area contributed by atoms with E-state index < -0.39 is 23.9 Å². The molecule has 0 saturated heterocycles. The van der Waals surface area contributed by atoms with Crippen LogP contribution in [-0.2, 0) is 16.1 Å². The molecule has 4 aromatic rings. The van der Waals surface area contributed by atoms with Gasteiger partial charge in [-0.1, -0.05) is 30.3 Å². The number of fused-ring (bicyclic) bond motifs is 1. The average molecular weight is 530 g/mol. The summed E-state index contributed by atoms with van der Waals surface area (Å²) in [5, 5.41) is 24.4. The van der Waals surface area contributed by atoms with Gasteiger partial charge in [-0.3, -0.25) is 9.59 Å². The van der Waals surface area contributed by atoms with Crippen LogP contribution in [0.4, 0.5) is 17.5 Å². The van der Waals surface area contributed by atoms with Crippen LogP contribution < -0.4 is 22.1 Å². The number of rotatable bonds is 10. The number of nitrogens with one attached hydrogen (secondary N) is 2. The highest BCUT2D eigenvalue weighted by Crippen LogP contribution is 2.32. The Morgan fingerprint density at radius 1 is 0.949 bits per heavy atom. The van der Waals surface area contributed by atoms with E-state index in [1.54, 1.807) is 24.3 Å². The molecule has 2 aromatic heterocycles. The number of nitrogen functional groups attached to an aromatic ring is 2. The fourth-order valence-electron chi connectivity index (χ4n) is 4.17. The van der Waals surface area contributed by atoms with Crippen molar-refractivity contribution in [2.75, 3.05) is 16.8 Å². The maximum Gasteiger partial charge on any atom is 0.326 e. The summed E-state index contributed by atoms with van der Waals surface area (Å²) in [5.41, 5.74) is 16.6. The molecule has 0 bridgehead atoms. The summed E-state index contributed by atoms with van der Waals surface area (Å²) in [6.07, 6.45) is -0.597. The first-order chi connectivity index (χ1) is 18.6. The van der Waals surface area contributed by atoms with Crippen LogP contribution >= 0.6 is 0 Å². The van der Waals surface area contributed by atoms with Crippen LogP contribution in [0.3, 0.4) is 0 Å². The second-order valence-corrected chi connectivity index (χ2v) is 8.82. The molecule has 39 heavy (non-hydrogen) atoms. The van der Waals surface area contributed by atoms with Gasteiger partial charge in [-0.05, 0) is 43.2 Å². The second kappa shape index (κ2) is 11.4. The molecular formula is C27H27N7O5. The number of nitrogens with two attached hydrogens (primary N) is 2. The van der Waals surface area contributed by atoms with Crippen LogP contribution in [0.5, 0.6) is 0 Å². The molecule has 0 spiro atoms. The number of hydrogen-bond acceptors (Lipinski definition) is 9. The third kappa shape index (κ3) is 6.18. The molecule has 0 saturated carbocycles. The van der Waals surface area contributed by atoms with E-state index >= 15 is 0 Å². The van der Waals surface area contributed by atoms with E-state index in [9.17, 15) is 19.5 Å². The number of anilines is 3. The molecule has 0 fully saturated rings. The lowest BCUT2D eigenvalue weighted by atomic mass is 9.98. The van der Waals surface area contributed by atoms with Gasteiger partial charge in [-0.15, -0.1) is 0 Å². The van der Waals surface area contributed by atoms with Gasteiger partial charge in [0.25, 0.3) is 5.91 Å². The lowest BCUT2D eigenvalue weighted by Gasteiger charge is -2.17. The number of pyridine rings is 1. The standard InChI is InChI=1S/C27H27N7O5/c1-14-18(22(15-5-3-2-4-6-15)32-24-21(14)23(28)33-27(29)34-24)13-30-17-9-7-16(8-10-17)25(37)31-19(26(38)39)11-12-20(35)36/h2-10,19,30H,11-13H2,1H3,(H,31,37)(H,35,36)(H,38,39)(H4,28,29,32,33,34)/t19-/m0/s1. The highest BCUT2D eigenvalue weighted by Gasteiger charge is 2.22. The Morgan fingerprint density at radius 3 is 2.28 bits per heavy atom. The van der Waals surface area contributed by atoms with Crippen LogP contribution in [0.1, 0.15) is 34.3 Å². The lowest BCUT2D eigenvalue weighted by Crippen LogP contribution is -2.41. The Kier molecular flexibility index (Phi) is 7.85. The molecule has 0 aliphatic rings. The number of carbonyl (C=O) groups excluding carboxylic acids is 1. The zero-order valence-corrected chi connectivity index (χ0v) is 21.0. The number of amides is 1. The van der Waals surface area contributed by atoms with E-state index in [1.807, 2.05) is 37.3 Å². The fourth-order valence-corrected chi connectivity index (χ4v) is 4.17. The third-order valence-corrected chi connectivity index (χ3v) is 6.18. The summed E-state index contributed by atoms with van der Waals surface area (Å²) in [6.45, 7) is 2.28. The van der Waals surface area contributed by atoms with E-state index in [1.165, 1.54) is 0 Å². The van der Waals surface area contributed by atoms with Crippen molar-refractivity contribution in [1.82, 2.24) is 20.3 Å². The lowest BCUT2D eigenvalue weighted by molar-refractivity contribution is -0.140. The first-order valence-electron chi connectivity index (χ1n) is 12.0. The summed E-state index contributed by atoms with van der Waals surface area (Å²) >= 11 is 0. The summed E-state index contributed by atoms with van der Waals surface area (Å²) in [5.74, 6) is -2.78. The van der Waals surface area contributed by atoms with Crippen LogP contribution in [0, 0.1) is 6.92 Å². The number of aryl methyl sites for hydroxylation is 1. The molecule has 0 aliphatic carbocycles. The molecule has 0 radical (unpaired) electrons. The summed E-state index contributed by atoms with van der Waals surface area (Å²) in [7, 11) is 0. The number of carboxylic acid groups (broad SMARTS) is 2. The Bertz CT molecular complexity index is 1540. The molecular weight excluding hydrogens is 502 g/mol. The predicted octanol–water partition coefficient (Wildman–Crippen LogP) is 2.82. The van der Waals surface area contributed by atoms with E-state index in [0.717, 1.165) is 16.7 Å². The van der Waals surface area contributed by atoms with Crippen LogP contribution in [-0.4, -0.2) is 49.1 Å². The van der Waals surface area contributed by atoms with E-state index in [-0.39, 0.29) is 30.2 Å². The normalized spacial score (nSPS) is 11.6. The highest BCUT2D eigenvalue weighted by molar-refractivity contribution is 5.97. The van der Waals surface area contributed by atoms with Crippen LogP contribution in [0.15, 0.2) is 54.6 Å². The number of nitrogens with zero attached hydrogens (tertiary/aromatic N) is 3. The Morgan fingerprint density at radius 2 is 1.64 bits per heavy atom. The molecule has 12 heteroatoms. The number of aromatic nitrogens is 3. The van der Waals surface area contributed by atoms with Crippen molar-refractivity contribution < 1.29 is 24.6 Å². The van der Waals surface area contributed by atoms with Crippen molar-refractivity contribution in [2.45, 2.75) is 32.4 Å². The van der Waals surface area contributed by atoms with Crippen molar-refractivity contribution in [3.8, 4) is 11.3 Å². The number of hydrogen-bond donors (Lipinski definition) is 6. The number of carbonyl (C=O) groups is 3. The molecule has 1 atom stereocenters. The first-order valence-corrected chi connectivity index (χ1v) is 12.0. The molecule has 4 rings (SSSR count). The zero-order chi connectivity index (χ0) is 28.1. The van der Waals surface area contributed by atoms with Crippen molar-refractivity contribution in [3.63, 3.8) is 0 Å². The third-order valence-electron chi connectivity index (χ3n) is 6.18. The smallest absolute Gasteiger partial charge is 0.326 e. The summed E-state index contributed by atoms with van der Waals surface area (Å²) in [4.78, 5) is 47.8. The Labute approximate surface area is 223 Å².